The van der Waals surface area contributed by atoms with Crippen molar-refractivity contribution in [3.63, 3.8) is 0 Å². The van der Waals surface area contributed by atoms with Crippen molar-refractivity contribution in [3.8, 4) is 0 Å². The van der Waals surface area contributed by atoms with Crippen molar-refractivity contribution in [3.05, 3.63) is 68.6 Å². The van der Waals surface area contributed by atoms with E-state index in [2.05, 4.69) is 0 Å². The van der Waals surface area contributed by atoms with Crippen LogP contribution in [0.4, 0.5) is 0 Å². The van der Waals surface area contributed by atoms with Gasteiger partial charge in [-0.05, 0) is 6.07 Å². The first-order chi connectivity index (χ1) is 8.58. The summed E-state index contributed by atoms with van der Waals surface area (Å²) >= 11 is 11.5. The molecule has 2 rings (SSSR count). The molecule has 0 radical (unpaired) electrons. The number of pyridine rings is 1. The standard InChI is InChI=1S/C13H9Cl2NO2/c14-10-6-11(15)13(18)16(7-10)8-12(17)9-4-2-1-3-5-9/h1-7H,8H2. The summed E-state index contributed by atoms with van der Waals surface area (Å²) in [5, 5.41) is 0.323. The molecular formula is C13H9Cl2NO2. The van der Waals surface area contributed by atoms with E-state index in [1.165, 1.54) is 16.8 Å². The van der Waals surface area contributed by atoms with E-state index in [0.29, 0.717) is 10.6 Å². The minimum Gasteiger partial charge on any atom is -0.305 e. The molecule has 0 saturated heterocycles. The van der Waals surface area contributed by atoms with E-state index >= 15 is 0 Å². The Morgan fingerprint density at radius 3 is 2.50 bits per heavy atom. The van der Waals surface area contributed by atoms with Gasteiger partial charge in [0.25, 0.3) is 5.56 Å². The van der Waals surface area contributed by atoms with Gasteiger partial charge in [-0.3, -0.25) is 9.59 Å². The van der Waals surface area contributed by atoms with Gasteiger partial charge < -0.3 is 4.57 Å². The SMILES string of the molecule is O=C(Cn1cc(Cl)cc(Cl)c1=O)c1ccccc1. The average Bonchev–Trinajstić information content (AvgIpc) is 2.36. The Morgan fingerprint density at radius 1 is 1.17 bits per heavy atom. The normalized spacial score (nSPS) is 10.3. The van der Waals surface area contributed by atoms with E-state index in [1.54, 1.807) is 24.3 Å². The zero-order valence-corrected chi connectivity index (χ0v) is 10.8. The lowest BCUT2D eigenvalue weighted by Gasteiger charge is -2.06. The van der Waals surface area contributed by atoms with E-state index in [9.17, 15) is 9.59 Å². The molecule has 1 aromatic carbocycles. The quantitative estimate of drug-likeness (QED) is 0.812. The minimum absolute atomic E-state index is 0.00311. The maximum atomic E-state index is 11.9. The molecule has 18 heavy (non-hydrogen) atoms. The van der Waals surface area contributed by atoms with Gasteiger partial charge >= 0.3 is 0 Å². The first kappa shape index (κ1) is 12.9. The Bertz CT molecular complexity index is 635. The molecule has 5 heteroatoms. The Labute approximate surface area is 114 Å². The Balaban J connectivity index is 2.31. The summed E-state index contributed by atoms with van der Waals surface area (Å²) in [7, 11) is 0. The average molecular weight is 282 g/mol. The fourth-order valence-corrected chi connectivity index (χ4v) is 2.06. The predicted octanol–water partition coefficient (Wildman–Crippen LogP) is 3.04. The maximum Gasteiger partial charge on any atom is 0.269 e. The molecule has 0 aliphatic rings. The van der Waals surface area contributed by atoms with E-state index in [4.69, 9.17) is 23.2 Å². The number of hydrogen-bond donors (Lipinski definition) is 0. The van der Waals surface area contributed by atoms with Crippen molar-refractivity contribution < 1.29 is 4.79 Å². The van der Waals surface area contributed by atoms with E-state index in [1.807, 2.05) is 6.07 Å². The van der Waals surface area contributed by atoms with E-state index in [0.717, 1.165) is 0 Å². The fourth-order valence-electron chi connectivity index (χ4n) is 1.55. The number of aromatic nitrogens is 1. The number of nitrogens with zero attached hydrogens (tertiary/aromatic N) is 1. The minimum atomic E-state index is -0.426. The molecule has 0 aliphatic heterocycles. The lowest BCUT2D eigenvalue weighted by Crippen LogP contribution is -2.24. The fraction of sp³-hybridized carbons (Fsp3) is 0.0769. The van der Waals surface area contributed by atoms with Crippen LogP contribution in [0, 0.1) is 0 Å². The van der Waals surface area contributed by atoms with Crippen LogP contribution in [0.5, 0.6) is 0 Å². The van der Waals surface area contributed by atoms with Crippen LogP contribution in [-0.2, 0) is 6.54 Å². The van der Waals surface area contributed by atoms with Gasteiger partial charge in [0.1, 0.15) is 5.02 Å². The molecule has 0 aliphatic carbocycles. The molecule has 0 bridgehead atoms. The number of rotatable bonds is 3. The van der Waals surface area contributed by atoms with Gasteiger partial charge in [0.05, 0.1) is 11.6 Å². The molecule has 3 nitrogen and oxygen atoms in total. The number of Topliss-reactive ketones (excluding diaryl/α,β-unsaturated/α-hetero) is 1. The van der Waals surface area contributed by atoms with Gasteiger partial charge in [-0.15, -0.1) is 0 Å². The molecule has 0 N–H and O–H groups in total. The first-order valence-corrected chi connectivity index (χ1v) is 5.97. The molecule has 1 aromatic heterocycles. The zero-order valence-electron chi connectivity index (χ0n) is 9.27. The molecule has 0 amide bonds. The lowest BCUT2D eigenvalue weighted by atomic mass is 10.1. The second kappa shape index (κ2) is 5.38. The number of hydrogen-bond acceptors (Lipinski definition) is 2. The highest BCUT2D eigenvalue weighted by molar-refractivity contribution is 6.34. The third-order valence-corrected chi connectivity index (χ3v) is 2.90. The summed E-state index contributed by atoms with van der Waals surface area (Å²) < 4.78 is 1.21. The Hall–Kier alpha value is -1.58. The summed E-state index contributed by atoms with van der Waals surface area (Å²) in [6.07, 6.45) is 1.40. The topological polar surface area (TPSA) is 39.1 Å². The highest BCUT2D eigenvalue weighted by Gasteiger charge is 2.09. The number of ketones is 1. The van der Waals surface area contributed by atoms with Crippen LogP contribution in [0.3, 0.4) is 0 Å². The van der Waals surface area contributed by atoms with Gasteiger partial charge in [-0.2, -0.15) is 0 Å². The van der Waals surface area contributed by atoms with Crippen LogP contribution in [0.2, 0.25) is 10.0 Å². The third-order valence-electron chi connectivity index (χ3n) is 2.42. The first-order valence-electron chi connectivity index (χ1n) is 5.21. The second-order valence-electron chi connectivity index (χ2n) is 3.73. The molecule has 0 saturated carbocycles. The van der Waals surface area contributed by atoms with Gasteiger partial charge in [-0.25, -0.2) is 0 Å². The van der Waals surface area contributed by atoms with Crippen LogP contribution >= 0.6 is 23.2 Å². The molecule has 0 spiro atoms. The second-order valence-corrected chi connectivity index (χ2v) is 4.57. The molecule has 0 atom stereocenters. The molecule has 0 fully saturated rings. The number of halogens is 2. The summed E-state index contributed by atoms with van der Waals surface area (Å²) in [5.41, 5.74) is 0.117. The summed E-state index contributed by atoms with van der Waals surface area (Å²) in [5.74, 6) is -0.170. The van der Waals surface area contributed by atoms with Crippen LogP contribution in [-0.4, -0.2) is 10.4 Å². The van der Waals surface area contributed by atoms with Crippen LogP contribution in [0.25, 0.3) is 0 Å². The van der Waals surface area contributed by atoms with Crippen LogP contribution in [0.1, 0.15) is 10.4 Å². The molecule has 1 heterocycles. The molecule has 0 unspecified atom stereocenters. The van der Waals surface area contributed by atoms with Crippen molar-refractivity contribution in [2.24, 2.45) is 0 Å². The zero-order chi connectivity index (χ0) is 13.1. The summed E-state index contributed by atoms with van der Waals surface area (Å²) in [6.45, 7) is -0.0802. The van der Waals surface area contributed by atoms with Crippen LogP contribution in [0.15, 0.2) is 47.4 Å². The highest BCUT2D eigenvalue weighted by atomic mass is 35.5. The molecular weight excluding hydrogens is 273 g/mol. The van der Waals surface area contributed by atoms with Crippen molar-refractivity contribution in [1.29, 1.82) is 0 Å². The smallest absolute Gasteiger partial charge is 0.269 e. The summed E-state index contributed by atoms with van der Waals surface area (Å²) in [6, 6.07) is 10.1. The van der Waals surface area contributed by atoms with Crippen molar-refractivity contribution >= 4 is 29.0 Å². The third kappa shape index (κ3) is 2.81. The van der Waals surface area contributed by atoms with Crippen molar-refractivity contribution in [2.75, 3.05) is 0 Å². The van der Waals surface area contributed by atoms with Crippen LogP contribution < -0.4 is 5.56 Å². The Morgan fingerprint density at radius 2 is 1.83 bits per heavy atom. The number of carbonyl (C=O) groups excluding carboxylic acids is 1. The number of benzene rings is 1. The van der Waals surface area contributed by atoms with Crippen molar-refractivity contribution in [1.82, 2.24) is 4.57 Å². The lowest BCUT2D eigenvalue weighted by molar-refractivity contribution is 0.0971. The molecule has 2 aromatic rings. The van der Waals surface area contributed by atoms with Gasteiger partial charge in [0.15, 0.2) is 5.78 Å². The van der Waals surface area contributed by atoms with Gasteiger partial charge in [0.2, 0.25) is 0 Å². The number of carbonyl (C=O) groups is 1. The Kier molecular flexibility index (Phi) is 3.84. The van der Waals surface area contributed by atoms with Crippen molar-refractivity contribution in [2.45, 2.75) is 6.54 Å². The predicted molar refractivity (Wildman–Crippen MR) is 71.5 cm³/mol. The molecule has 92 valence electrons. The monoisotopic (exact) mass is 281 g/mol. The van der Waals surface area contributed by atoms with Gasteiger partial charge in [0, 0.05) is 11.8 Å². The largest absolute Gasteiger partial charge is 0.305 e. The highest BCUT2D eigenvalue weighted by Crippen LogP contribution is 2.11. The summed E-state index contributed by atoms with van der Waals surface area (Å²) in [4.78, 5) is 23.7. The van der Waals surface area contributed by atoms with Gasteiger partial charge in [-0.1, -0.05) is 53.5 Å². The van der Waals surface area contributed by atoms with E-state index < -0.39 is 5.56 Å². The maximum absolute atomic E-state index is 11.9. The van der Waals surface area contributed by atoms with E-state index in [-0.39, 0.29) is 17.4 Å².